The minimum Gasteiger partial charge on any atom is -0.355 e. The molecule has 0 atom stereocenters. The zero-order valence-electron chi connectivity index (χ0n) is 19.8. The van der Waals surface area contributed by atoms with E-state index in [0.717, 1.165) is 22.4 Å². The third kappa shape index (κ3) is 5.75. The first-order valence-corrected chi connectivity index (χ1v) is 11.2. The molecule has 0 aliphatic carbocycles. The number of amides is 2. The number of hydrogen-bond acceptors (Lipinski definition) is 3. The van der Waals surface area contributed by atoms with Crippen molar-refractivity contribution in [1.82, 2.24) is 19.8 Å². The third-order valence-corrected chi connectivity index (χ3v) is 5.48. The first-order chi connectivity index (χ1) is 15.2. The topological polar surface area (TPSA) is 67.2 Å². The van der Waals surface area contributed by atoms with Crippen LogP contribution >= 0.6 is 0 Å². The SMILES string of the molecule is CC(C)N(Cc1ccccc1)C(=O)Cn1c(CCNC(=O)C(C)(C)C)nc2ccccc21. The highest BCUT2D eigenvalue weighted by Crippen LogP contribution is 2.18. The molecule has 32 heavy (non-hydrogen) atoms. The molecule has 3 aromatic rings. The van der Waals surface area contributed by atoms with Crippen LogP contribution in [-0.4, -0.2) is 38.9 Å². The smallest absolute Gasteiger partial charge is 0.243 e. The van der Waals surface area contributed by atoms with E-state index in [1.54, 1.807) is 0 Å². The van der Waals surface area contributed by atoms with Crippen LogP contribution in [0.15, 0.2) is 54.6 Å². The van der Waals surface area contributed by atoms with Crippen molar-refractivity contribution in [2.75, 3.05) is 6.54 Å². The lowest BCUT2D eigenvalue weighted by Crippen LogP contribution is -2.39. The average molecular weight is 435 g/mol. The fourth-order valence-corrected chi connectivity index (χ4v) is 3.61. The van der Waals surface area contributed by atoms with Crippen LogP contribution in [0.3, 0.4) is 0 Å². The lowest BCUT2D eigenvalue weighted by Gasteiger charge is -2.27. The predicted octanol–water partition coefficient (Wildman–Crippen LogP) is 4.18. The van der Waals surface area contributed by atoms with Crippen molar-refractivity contribution in [3.8, 4) is 0 Å². The van der Waals surface area contributed by atoms with Gasteiger partial charge in [-0.3, -0.25) is 9.59 Å². The number of aromatic nitrogens is 2. The van der Waals surface area contributed by atoms with Crippen LogP contribution < -0.4 is 5.32 Å². The standard InChI is InChI=1S/C26H34N4O2/c1-19(2)29(17-20-11-7-6-8-12-20)24(31)18-30-22-14-10-9-13-21(22)28-23(30)15-16-27-25(32)26(3,4)5/h6-14,19H,15-18H2,1-5H3,(H,27,32). The first-order valence-electron chi connectivity index (χ1n) is 11.2. The molecule has 0 bridgehead atoms. The van der Waals surface area contributed by atoms with E-state index in [2.05, 4.69) is 5.32 Å². The molecule has 6 heteroatoms. The summed E-state index contributed by atoms with van der Waals surface area (Å²) in [6, 6.07) is 18.0. The van der Waals surface area contributed by atoms with Gasteiger partial charge in [0.25, 0.3) is 0 Å². The minimum absolute atomic E-state index is 0.00471. The molecule has 2 amide bonds. The van der Waals surface area contributed by atoms with Crippen molar-refractivity contribution in [1.29, 1.82) is 0 Å². The van der Waals surface area contributed by atoms with Gasteiger partial charge in [-0.05, 0) is 31.5 Å². The van der Waals surface area contributed by atoms with Gasteiger partial charge in [-0.15, -0.1) is 0 Å². The zero-order chi connectivity index (χ0) is 23.3. The number of carbonyl (C=O) groups is 2. The van der Waals surface area contributed by atoms with E-state index in [1.807, 2.05) is 98.7 Å². The normalized spacial score (nSPS) is 11.7. The second-order valence-corrected chi connectivity index (χ2v) is 9.46. The lowest BCUT2D eigenvalue weighted by molar-refractivity contribution is -0.134. The largest absolute Gasteiger partial charge is 0.355 e. The number of fused-ring (bicyclic) bond motifs is 1. The molecule has 0 spiro atoms. The van der Waals surface area contributed by atoms with E-state index in [-0.39, 0.29) is 24.4 Å². The molecule has 0 fully saturated rings. The van der Waals surface area contributed by atoms with Crippen LogP contribution in [0.2, 0.25) is 0 Å². The Morgan fingerprint density at radius 2 is 1.69 bits per heavy atom. The Balaban J connectivity index is 1.80. The number of para-hydroxylation sites is 2. The van der Waals surface area contributed by atoms with Crippen molar-refractivity contribution in [3.63, 3.8) is 0 Å². The number of nitrogens with zero attached hydrogens (tertiary/aromatic N) is 3. The summed E-state index contributed by atoms with van der Waals surface area (Å²) >= 11 is 0. The van der Waals surface area contributed by atoms with E-state index in [4.69, 9.17) is 4.98 Å². The number of carbonyl (C=O) groups excluding carboxylic acids is 2. The summed E-state index contributed by atoms with van der Waals surface area (Å²) in [5.41, 5.74) is 2.46. The fourth-order valence-electron chi connectivity index (χ4n) is 3.61. The van der Waals surface area contributed by atoms with Gasteiger partial charge in [0.2, 0.25) is 11.8 Å². The summed E-state index contributed by atoms with van der Waals surface area (Å²) in [6.45, 7) is 11.0. The van der Waals surface area contributed by atoms with Gasteiger partial charge in [0.05, 0.1) is 11.0 Å². The van der Waals surface area contributed by atoms with Crippen LogP contribution in [0, 0.1) is 5.41 Å². The second kappa shape index (κ2) is 9.98. The Bertz CT molecular complexity index is 1060. The van der Waals surface area contributed by atoms with Gasteiger partial charge in [-0.2, -0.15) is 0 Å². The molecule has 170 valence electrons. The molecule has 0 aliphatic heterocycles. The third-order valence-electron chi connectivity index (χ3n) is 5.48. The van der Waals surface area contributed by atoms with Crippen LogP contribution in [0.25, 0.3) is 11.0 Å². The molecule has 1 N–H and O–H groups in total. The monoisotopic (exact) mass is 434 g/mol. The summed E-state index contributed by atoms with van der Waals surface area (Å²) in [5.74, 6) is 0.856. The second-order valence-electron chi connectivity index (χ2n) is 9.46. The molecule has 1 aromatic heterocycles. The van der Waals surface area contributed by atoms with Crippen LogP contribution in [0.5, 0.6) is 0 Å². The summed E-state index contributed by atoms with van der Waals surface area (Å²) in [5, 5.41) is 2.98. The van der Waals surface area contributed by atoms with Crippen molar-refractivity contribution >= 4 is 22.8 Å². The minimum atomic E-state index is -0.439. The van der Waals surface area contributed by atoms with Gasteiger partial charge in [0.1, 0.15) is 12.4 Å². The van der Waals surface area contributed by atoms with Gasteiger partial charge in [0.15, 0.2) is 0 Å². The van der Waals surface area contributed by atoms with Crippen LogP contribution in [-0.2, 0) is 29.1 Å². The number of benzene rings is 2. The average Bonchev–Trinajstić information content (AvgIpc) is 3.09. The van der Waals surface area contributed by atoms with E-state index in [9.17, 15) is 9.59 Å². The molecule has 0 unspecified atom stereocenters. The molecule has 1 heterocycles. The summed E-state index contributed by atoms with van der Waals surface area (Å²) in [6.07, 6.45) is 0.560. The highest BCUT2D eigenvalue weighted by atomic mass is 16.2. The summed E-state index contributed by atoms with van der Waals surface area (Å²) < 4.78 is 1.99. The lowest BCUT2D eigenvalue weighted by atomic mass is 9.96. The first kappa shape index (κ1) is 23.5. The van der Waals surface area contributed by atoms with E-state index in [1.165, 1.54) is 0 Å². The molecular formula is C26H34N4O2. The number of imidazole rings is 1. The van der Waals surface area contributed by atoms with Gasteiger partial charge in [-0.1, -0.05) is 63.2 Å². The van der Waals surface area contributed by atoms with Gasteiger partial charge >= 0.3 is 0 Å². The van der Waals surface area contributed by atoms with Crippen LogP contribution in [0.1, 0.15) is 46.0 Å². The van der Waals surface area contributed by atoms with Crippen molar-refractivity contribution in [2.24, 2.45) is 5.41 Å². The molecular weight excluding hydrogens is 400 g/mol. The zero-order valence-corrected chi connectivity index (χ0v) is 19.8. The number of hydrogen-bond donors (Lipinski definition) is 1. The van der Waals surface area contributed by atoms with Gasteiger partial charge in [-0.25, -0.2) is 4.98 Å². The Morgan fingerprint density at radius 1 is 1.03 bits per heavy atom. The number of nitrogens with one attached hydrogen (secondary N) is 1. The molecule has 3 rings (SSSR count). The maximum absolute atomic E-state index is 13.4. The summed E-state index contributed by atoms with van der Waals surface area (Å²) in [7, 11) is 0. The van der Waals surface area contributed by atoms with Crippen molar-refractivity contribution < 1.29 is 9.59 Å². The fraction of sp³-hybridized carbons (Fsp3) is 0.423. The van der Waals surface area contributed by atoms with Crippen molar-refractivity contribution in [2.45, 2.75) is 60.2 Å². The predicted molar refractivity (Wildman–Crippen MR) is 128 cm³/mol. The maximum atomic E-state index is 13.4. The Morgan fingerprint density at radius 3 is 2.34 bits per heavy atom. The Hall–Kier alpha value is -3.15. The Labute approximate surface area is 190 Å². The Kier molecular flexibility index (Phi) is 7.33. The molecule has 6 nitrogen and oxygen atoms in total. The highest BCUT2D eigenvalue weighted by Gasteiger charge is 2.22. The van der Waals surface area contributed by atoms with Crippen molar-refractivity contribution in [3.05, 3.63) is 66.0 Å². The molecule has 0 aliphatic rings. The summed E-state index contributed by atoms with van der Waals surface area (Å²) in [4.78, 5) is 32.3. The maximum Gasteiger partial charge on any atom is 0.243 e. The van der Waals surface area contributed by atoms with Crippen LogP contribution in [0.4, 0.5) is 0 Å². The van der Waals surface area contributed by atoms with E-state index < -0.39 is 5.41 Å². The molecule has 2 aromatic carbocycles. The van der Waals surface area contributed by atoms with E-state index >= 15 is 0 Å². The van der Waals surface area contributed by atoms with E-state index in [0.29, 0.717) is 19.5 Å². The number of rotatable bonds is 8. The highest BCUT2D eigenvalue weighted by molar-refractivity contribution is 5.82. The van der Waals surface area contributed by atoms with Gasteiger partial charge in [0, 0.05) is 31.0 Å². The van der Waals surface area contributed by atoms with Gasteiger partial charge < -0.3 is 14.8 Å². The molecule has 0 saturated carbocycles. The molecule has 0 radical (unpaired) electrons. The molecule has 0 saturated heterocycles. The quantitative estimate of drug-likeness (QED) is 0.578.